The predicted molar refractivity (Wildman–Crippen MR) is 113 cm³/mol. The molecular formula is C21H23BrN2O4S. The standard InChI is InChI=1S/C21H23BrN2O4S/c22-15-8-9-20-18(13-15)19(10-11-28-20)23-21(25)14-4-3-7-17(12-14)29(26,27)24-16-5-1-2-6-16/h3-4,7-9,12-13,16,19,24H,1-2,5-6,10-11H2,(H,23,25). The Balaban J connectivity index is 1.52. The lowest BCUT2D eigenvalue weighted by atomic mass is 10.00. The van der Waals surface area contributed by atoms with Crippen molar-refractivity contribution < 1.29 is 17.9 Å². The summed E-state index contributed by atoms with van der Waals surface area (Å²) in [5, 5.41) is 3.02. The number of amides is 1. The summed E-state index contributed by atoms with van der Waals surface area (Å²) in [6, 6.07) is 11.7. The van der Waals surface area contributed by atoms with E-state index in [9.17, 15) is 13.2 Å². The fourth-order valence-electron chi connectivity index (χ4n) is 3.89. The lowest BCUT2D eigenvalue weighted by Crippen LogP contribution is -2.33. The van der Waals surface area contributed by atoms with E-state index in [4.69, 9.17) is 4.74 Å². The first-order valence-corrected chi connectivity index (χ1v) is 12.1. The Morgan fingerprint density at radius 2 is 1.86 bits per heavy atom. The first-order chi connectivity index (χ1) is 13.9. The second-order valence-electron chi connectivity index (χ2n) is 7.48. The SMILES string of the molecule is O=C(NC1CCOc2ccc(Br)cc21)c1cccc(S(=O)(=O)NC2CCCC2)c1. The van der Waals surface area contributed by atoms with Crippen molar-refractivity contribution in [3.8, 4) is 5.75 Å². The van der Waals surface area contributed by atoms with Crippen molar-refractivity contribution in [2.75, 3.05) is 6.61 Å². The third kappa shape index (κ3) is 4.65. The van der Waals surface area contributed by atoms with Crippen LogP contribution in [0.4, 0.5) is 0 Å². The van der Waals surface area contributed by atoms with Crippen LogP contribution in [0.25, 0.3) is 0 Å². The van der Waals surface area contributed by atoms with Crippen LogP contribution in [0.5, 0.6) is 5.75 Å². The maximum absolute atomic E-state index is 12.9. The maximum atomic E-state index is 12.9. The van der Waals surface area contributed by atoms with Crippen LogP contribution in [-0.2, 0) is 10.0 Å². The van der Waals surface area contributed by atoms with Gasteiger partial charge in [0.2, 0.25) is 10.0 Å². The normalized spacial score (nSPS) is 19.4. The van der Waals surface area contributed by atoms with Gasteiger partial charge >= 0.3 is 0 Å². The Labute approximate surface area is 179 Å². The quantitative estimate of drug-likeness (QED) is 0.681. The monoisotopic (exact) mass is 478 g/mol. The number of halogens is 1. The minimum atomic E-state index is -3.64. The molecule has 0 bridgehead atoms. The number of carbonyl (C=O) groups excluding carboxylic acids is 1. The summed E-state index contributed by atoms with van der Waals surface area (Å²) in [4.78, 5) is 13.0. The molecule has 1 atom stereocenters. The van der Waals surface area contributed by atoms with Crippen LogP contribution in [0.3, 0.4) is 0 Å². The van der Waals surface area contributed by atoms with Crippen molar-refractivity contribution in [1.82, 2.24) is 10.0 Å². The number of benzene rings is 2. The summed E-state index contributed by atoms with van der Waals surface area (Å²) in [5.41, 5.74) is 1.23. The van der Waals surface area contributed by atoms with Crippen LogP contribution in [0.15, 0.2) is 51.8 Å². The second-order valence-corrected chi connectivity index (χ2v) is 10.1. The van der Waals surface area contributed by atoms with E-state index in [-0.39, 0.29) is 22.9 Å². The third-order valence-electron chi connectivity index (χ3n) is 5.40. The van der Waals surface area contributed by atoms with Gasteiger partial charge in [0.25, 0.3) is 5.91 Å². The van der Waals surface area contributed by atoms with Crippen LogP contribution in [0.1, 0.15) is 54.1 Å². The minimum absolute atomic E-state index is 0.0188. The summed E-state index contributed by atoms with van der Waals surface area (Å²) in [5.74, 6) is 0.447. The van der Waals surface area contributed by atoms with Crippen LogP contribution in [0, 0.1) is 0 Å². The second kappa shape index (κ2) is 8.45. The van der Waals surface area contributed by atoms with E-state index < -0.39 is 10.0 Å². The molecule has 0 radical (unpaired) electrons. The van der Waals surface area contributed by atoms with E-state index in [1.165, 1.54) is 12.1 Å². The van der Waals surface area contributed by atoms with Crippen molar-refractivity contribution in [3.05, 3.63) is 58.1 Å². The van der Waals surface area contributed by atoms with Gasteiger partial charge < -0.3 is 10.1 Å². The average molecular weight is 479 g/mol. The molecule has 1 aliphatic carbocycles. The van der Waals surface area contributed by atoms with Gasteiger partial charge in [-0.3, -0.25) is 4.79 Å². The lowest BCUT2D eigenvalue weighted by molar-refractivity contribution is 0.0924. The molecule has 154 valence electrons. The number of nitrogens with one attached hydrogen (secondary N) is 2. The molecule has 0 saturated heterocycles. The van der Waals surface area contributed by atoms with Crippen LogP contribution in [0.2, 0.25) is 0 Å². The third-order valence-corrected chi connectivity index (χ3v) is 7.41. The van der Waals surface area contributed by atoms with Gasteiger partial charge in [0.05, 0.1) is 17.5 Å². The molecule has 29 heavy (non-hydrogen) atoms. The van der Waals surface area contributed by atoms with Crippen LogP contribution in [-0.4, -0.2) is 27.0 Å². The minimum Gasteiger partial charge on any atom is -0.493 e. The smallest absolute Gasteiger partial charge is 0.251 e. The fourth-order valence-corrected chi connectivity index (χ4v) is 5.62. The molecule has 2 aromatic rings. The van der Waals surface area contributed by atoms with Crippen LogP contribution >= 0.6 is 15.9 Å². The van der Waals surface area contributed by atoms with Crippen molar-refractivity contribution in [1.29, 1.82) is 0 Å². The zero-order valence-corrected chi connectivity index (χ0v) is 18.3. The summed E-state index contributed by atoms with van der Waals surface area (Å²) in [6.07, 6.45) is 4.45. The number of carbonyl (C=O) groups is 1. The lowest BCUT2D eigenvalue weighted by Gasteiger charge is -2.27. The molecule has 2 N–H and O–H groups in total. The van der Waals surface area contributed by atoms with E-state index in [1.54, 1.807) is 12.1 Å². The molecule has 4 rings (SSSR count). The molecule has 6 nitrogen and oxygen atoms in total. The van der Waals surface area contributed by atoms with Gasteiger partial charge in [-0.2, -0.15) is 0 Å². The van der Waals surface area contributed by atoms with Gasteiger partial charge in [0, 0.05) is 28.1 Å². The number of sulfonamides is 1. The Morgan fingerprint density at radius 1 is 1.07 bits per heavy atom. The molecule has 1 saturated carbocycles. The van der Waals surface area contributed by atoms with Gasteiger partial charge in [-0.25, -0.2) is 13.1 Å². The molecule has 0 aromatic heterocycles. The highest BCUT2D eigenvalue weighted by molar-refractivity contribution is 9.10. The summed E-state index contributed by atoms with van der Waals surface area (Å²) in [6.45, 7) is 0.513. The Hall–Kier alpha value is -1.90. The van der Waals surface area contributed by atoms with E-state index >= 15 is 0 Å². The number of rotatable bonds is 5. The van der Waals surface area contributed by atoms with Crippen molar-refractivity contribution in [3.63, 3.8) is 0 Å². The highest BCUT2D eigenvalue weighted by Crippen LogP contribution is 2.34. The molecule has 1 amide bonds. The number of ether oxygens (including phenoxy) is 1. The Morgan fingerprint density at radius 3 is 2.66 bits per heavy atom. The Kier molecular flexibility index (Phi) is 5.94. The summed E-state index contributed by atoms with van der Waals surface area (Å²) in [7, 11) is -3.64. The van der Waals surface area contributed by atoms with Crippen LogP contribution < -0.4 is 14.8 Å². The van der Waals surface area contributed by atoms with E-state index in [1.807, 2.05) is 18.2 Å². The molecule has 8 heteroatoms. The van der Waals surface area contributed by atoms with Gasteiger partial charge in [-0.1, -0.05) is 34.8 Å². The molecule has 2 aliphatic rings. The van der Waals surface area contributed by atoms with Gasteiger partial charge in [-0.15, -0.1) is 0 Å². The highest BCUT2D eigenvalue weighted by Gasteiger charge is 2.26. The number of hydrogen-bond donors (Lipinski definition) is 2. The topological polar surface area (TPSA) is 84.5 Å². The van der Waals surface area contributed by atoms with Crippen molar-refractivity contribution >= 4 is 31.9 Å². The fraction of sp³-hybridized carbons (Fsp3) is 0.381. The average Bonchev–Trinajstić information content (AvgIpc) is 3.21. The zero-order valence-electron chi connectivity index (χ0n) is 15.9. The first kappa shape index (κ1) is 20.4. The van der Waals surface area contributed by atoms with E-state index in [2.05, 4.69) is 26.0 Å². The van der Waals surface area contributed by atoms with Gasteiger partial charge in [-0.05, 0) is 49.2 Å². The van der Waals surface area contributed by atoms with Crippen molar-refractivity contribution in [2.45, 2.75) is 49.1 Å². The maximum Gasteiger partial charge on any atom is 0.251 e. The molecule has 1 heterocycles. The van der Waals surface area contributed by atoms with E-state index in [0.29, 0.717) is 18.6 Å². The summed E-state index contributed by atoms with van der Waals surface area (Å²) >= 11 is 3.45. The summed E-state index contributed by atoms with van der Waals surface area (Å²) < 4.78 is 34.7. The molecule has 0 spiro atoms. The van der Waals surface area contributed by atoms with Crippen molar-refractivity contribution in [2.24, 2.45) is 0 Å². The number of fused-ring (bicyclic) bond motifs is 1. The van der Waals surface area contributed by atoms with Gasteiger partial charge in [0.15, 0.2) is 0 Å². The predicted octanol–water partition coefficient (Wildman–Crippen LogP) is 3.92. The van der Waals surface area contributed by atoms with E-state index in [0.717, 1.165) is 41.5 Å². The first-order valence-electron chi connectivity index (χ1n) is 9.78. The largest absolute Gasteiger partial charge is 0.493 e. The molecule has 1 aliphatic heterocycles. The zero-order chi connectivity index (χ0) is 20.4. The molecular weight excluding hydrogens is 456 g/mol. The Bertz CT molecular complexity index is 1020. The molecule has 2 aromatic carbocycles. The van der Waals surface area contributed by atoms with Gasteiger partial charge in [0.1, 0.15) is 5.75 Å². The molecule has 1 unspecified atom stereocenters. The number of hydrogen-bond acceptors (Lipinski definition) is 4. The molecule has 1 fully saturated rings. The highest BCUT2D eigenvalue weighted by atomic mass is 79.9.